The number of pyridine rings is 1. The van der Waals surface area contributed by atoms with Gasteiger partial charge in [0.1, 0.15) is 5.75 Å². The zero-order valence-corrected chi connectivity index (χ0v) is 12.4. The molecule has 1 atom stereocenters. The molecule has 100 valence electrons. The highest BCUT2D eigenvalue weighted by Gasteiger charge is 2.09. The second kappa shape index (κ2) is 6.68. The van der Waals surface area contributed by atoms with Gasteiger partial charge >= 0.3 is 0 Å². The van der Waals surface area contributed by atoms with Crippen molar-refractivity contribution in [3.05, 3.63) is 58.3 Å². The Labute approximate surface area is 121 Å². The van der Waals surface area contributed by atoms with Gasteiger partial charge in [0.05, 0.1) is 6.61 Å². The number of nitrogens with two attached hydrogens (primary N) is 1. The lowest BCUT2D eigenvalue weighted by atomic mass is 10.0. The van der Waals surface area contributed by atoms with Crippen molar-refractivity contribution in [2.45, 2.75) is 19.4 Å². The van der Waals surface area contributed by atoms with Gasteiger partial charge in [-0.15, -0.1) is 0 Å². The van der Waals surface area contributed by atoms with Crippen molar-refractivity contribution in [3.63, 3.8) is 0 Å². The summed E-state index contributed by atoms with van der Waals surface area (Å²) >= 11 is 3.37. The van der Waals surface area contributed by atoms with E-state index in [9.17, 15) is 0 Å². The monoisotopic (exact) mass is 320 g/mol. The quantitative estimate of drug-likeness (QED) is 0.917. The van der Waals surface area contributed by atoms with Crippen molar-refractivity contribution in [2.24, 2.45) is 5.73 Å². The van der Waals surface area contributed by atoms with Gasteiger partial charge in [0.2, 0.25) is 0 Å². The molecule has 1 aromatic carbocycles. The van der Waals surface area contributed by atoms with Crippen LogP contribution in [0.2, 0.25) is 0 Å². The third-order valence-corrected chi connectivity index (χ3v) is 3.28. The van der Waals surface area contributed by atoms with E-state index in [1.54, 1.807) is 6.20 Å². The second-order valence-electron chi connectivity index (χ2n) is 4.28. The summed E-state index contributed by atoms with van der Waals surface area (Å²) in [6.45, 7) is 2.63. The van der Waals surface area contributed by atoms with E-state index in [-0.39, 0.29) is 6.04 Å². The van der Waals surface area contributed by atoms with Crippen molar-refractivity contribution in [1.29, 1.82) is 0 Å². The molecule has 0 saturated heterocycles. The molecule has 0 fully saturated rings. The molecule has 0 amide bonds. The first-order valence-electron chi connectivity index (χ1n) is 6.28. The first-order chi connectivity index (χ1) is 9.19. The van der Waals surface area contributed by atoms with E-state index in [0.29, 0.717) is 13.0 Å². The molecule has 1 heterocycles. The van der Waals surface area contributed by atoms with Crippen LogP contribution in [0.15, 0.2) is 47.1 Å². The van der Waals surface area contributed by atoms with Crippen molar-refractivity contribution in [2.75, 3.05) is 6.61 Å². The largest absolute Gasteiger partial charge is 0.494 e. The lowest BCUT2D eigenvalue weighted by Gasteiger charge is -2.13. The minimum Gasteiger partial charge on any atom is -0.494 e. The Morgan fingerprint density at radius 3 is 2.84 bits per heavy atom. The number of aromatic nitrogens is 1. The van der Waals surface area contributed by atoms with Crippen LogP contribution >= 0.6 is 15.9 Å². The van der Waals surface area contributed by atoms with Crippen LogP contribution in [0.4, 0.5) is 0 Å². The van der Waals surface area contributed by atoms with E-state index < -0.39 is 0 Å². The predicted octanol–water partition coefficient (Wildman–Crippen LogP) is 3.49. The van der Waals surface area contributed by atoms with Crippen LogP contribution in [0.5, 0.6) is 5.75 Å². The molecule has 2 N–H and O–H groups in total. The molecule has 2 rings (SSSR count). The zero-order valence-electron chi connectivity index (χ0n) is 10.8. The number of ether oxygens (including phenoxy) is 1. The van der Waals surface area contributed by atoms with E-state index in [2.05, 4.69) is 20.9 Å². The van der Waals surface area contributed by atoms with Crippen LogP contribution < -0.4 is 10.5 Å². The maximum absolute atomic E-state index is 6.22. The van der Waals surface area contributed by atoms with Crippen LogP contribution in [0.1, 0.15) is 24.2 Å². The molecule has 0 radical (unpaired) electrons. The van der Waals surface area contributed by atoms with Crippen molar-refractivity contribution in [3.8, 4) is 5.75 Å². The van der Waals surface area contributed by atoms with E-state index in [4.69, 9.17) is 10.5 Å². The molecular formula is C15H17BrN2O. The number of rotatable bonds is 5. The van der Waals surface area contributed by atoms with Gasteiger partial charge in [-0.2, -0.15) is 0 Å². The molecule has 0 aliphatic rings. The SMILES string of the molecule is CCOc1cccc(C(N)Cc2ccc(Br)cn2)c1. The third-order valence-electron chi connectivity index (χ3n) is 2.81. The van der Waals surface area contributed by atoms with Gasteiger partial charge in [-0.1, -0.05) is 12.1 Å². The highest BCUT2D eigenvalue weighted by molar-refractivity contribution is 9.10. The normalized spacial score (nSPS) is 12.2. The molecule has 1 unspecified atom stereocenters. The molecule has 1 aromatic heterocycles. The van der Waals surface area contributed by atoms with Gasteiger partial charge in [-0.25, -0.2) is 0 Å². The number of halogens is 1. The standard InChI is InChI=1S/C15H17BrN2O/c1-2-19-14-5-3-4-11(8-14)15(17)9-13-7-6-12(16)10-18-13/h3-8,10,15H,2,9,17H2,1H3. The highest BCUT2D eigenvalue weighted by atomic mass is 79.9. The Hall–Kier alpha value is -1.39. The molecule has 3 nitrogen and oxygen atoms in total. The number of benzene rings is 1. The zero-order chi connectivity index (χ0) is 13.7. The van der Waals surface area contributed by atoms with Crippen molar-refractivity contribution >= 4 is 15.9 Å². The Morgan fingerprint density at radius 2 is 2.16 bits per heavy atom. The summed E-state index contributed by atoms with van der Waals surface area (Å²) in [5, 5.41) is 0. The summed E-state index contributed by atoms with van der Waals surface area (Å²) in [5.74, 6) is 0.860. The predicted molar refractivity (Wildman–Crippen MR) is 80.2 cm³/mol. The molecule has 0 bridgehead atoms. The van der Waals surface area contributed by atoms with Gasteiger partial charge in [-0.3, -0.25) is 4.98 Å². The first-order valence-corrected chi connectivity index (χ1v) is 7.07. The average molecular weight is 321 g/mol. The van der Waals surface area contributed by atoms with Gasteiger partial charge in [-0.05, 0) is 52.7 Å². The summed E-state index contributed by atoms with van der Waals surface area (Å²) < 4.78 is 6.46. The van der Waals surface area contributed by atoms with E-state index in [1.165, 1.54) is 0 Å². The maximum Gasteiger partial charge on any atom is 0.119 e. The first kappa shape index (κ1) is 14.0. The Balaban J connectivity index is 2.08. The second-order valence-corrected chi connectivity index (χ2v) is 5.20. The topological polar surface area (TPSA) is 48.1 Å². The molecule has 0 aliphatic heterocycles. The average Bonchev–Trinajstić information content (AvgIpc) is 2.42. The van der Waals surface area contributed by atoms with Gasteiger partial charge < -0.3 is 10.5 Å². The lowest BCUT2D eigenvalue weighted by molar-refractivity contribution is 0.339. The van der Waals surface area contributed by atoms with E-state index in [0.717, 1.165) is 21.5 Å². The van der Waals surface area contributed by atoms with Gasteiger partial charge in [0, 0.05) is 28.8 Å². The molecule has 19 heavy (non-hydrogen) atoms. The number of hydrogen-bond donors (Lipinski definition) is 1. The fourth-order valence-electron chi connectivity index (χ4n) is 1.87. The Kier molecular flexibility index (Phi) is 4.93. The summed E-state index contributed by atoms with van der Waals surface area (Å²) in [5.41, 5.74) is 8.27. The molecule has 0 spiro atoms. The highest BCUT2D eigenvalue weighted by Crippen LogP contribution is 2.20. The third kappa shape index (κ3) is 4.04. The van der Waals surface area contributed by atoms with Crippen LogP contribution in [-0.4, -0.2) is 11.6 Å². The van der Waals surface area contributed by atoms with Crippen LogP contribution in [-0.2, 0) is 6.42 Å². The summed E-state index contributed by atoms with van der Waals surface area (Å²) in [6.07, 6.45) is 2.50. The van der Waals surface area contributed by atoms with Crippen LogP contribution in [0.25, 0.3) is 0 Å². The van der Waals surface area contributed by atoms with Gasteiger partial charge in [0.25, 0.3) is 0 Å². The molecular weight excluding hydrogens is 304 g/mol. The minimum atomic E-state index is -0.0749. The van der Waals surface area contributed by atoms with Crippen molar-refractivity contribution in [1.82, 2.24) is 4.98 Å². The van der Waals surface area contributed by atoms with Crippen LogP contribution in [0, 0.1) is 0 Å². The van der Waals surface area contributed by atoms with Crippen LogP contribution in [0.3, 0.4) is 0 Å². The fraction of sp³-hybridized carbons (Fsp3) is 0.267. The summed E-state index contributed by atoms with van der Waals surface area (Å²) in [4.78, 5) is 4.34. The van der Waals surface area contributed by atoms with E-state index >= 15 is 0 Å². The molecule has 2 aromatic rings. The van der Waals surface area contributed by atoms with Gasteiger partial charge in [0.15, 0.2) is 0 Å². The molecule has 4 heteroatoms. The summed E-state index contributed by atoms with van der Waals surface area (Å²) in [7, 11) is 0. The van der Waals surface area contributed by atoms with E-state index in [1.807, 2.05) is 43.3 Å². The molecule has 0 saturated carbocycles. The fourth-order valence-corrected chi connectivity index (χ4v) is 2.11. The smallest absolute Gasteiger partial charge is 0.119 e. The Bertz CT molecular complexity index is 528. The number of nitrogens with zero attached hydrogens (tertiary/aromatic N) is 1. The Morgan fingerprint density at radius 1 is 1.32 bits per heavy atom. The summed E-state index contributed by atoms with van der Waals surface area (Å²) in [6, 6.07) is 11.8. The minimum absolute atomic E-state index is 0.0749. The van der Waals surface area contributed by atoms with Crippen molar-refractivity contribution < 1.29 is 4.74 Å². The molecule has 0 aliphatic carbocycles. The maximum atomic E-state index is 6.22. The number of hydrogen-bond acceptors (Lipinski definition) is 3. The lowest BCUT2D eigenvalue weighted by Crippen LogP contribution is -2.14.